The van der Waals surface area contributed by atoms with Gasteiger partial charge in [-0.2, -0.15) is 0 Å². The van der Waals surface area contributed by atoms with E-state index >= 15 is 0 Å². The van der Waals surface area contributed by atoms with E-state index in [1.165, 1.54) is 0 Å². The molecule has 2 N–H and O–H groups in total. The number of hydrogen-bond donors (Lipinski definition) is 2. The maximum atomic E-state index is 12.5. The zero-order valence-electron chi connectivity index (χ0n) is 27.0. The third kappa shape index (κ3) is 11.4. The molecule has 10 heteroatoms. The Bertz CT molecular complexity index is 1190. The lowest BCUT2D eigenvalue weighted by Gasteiger charge is -2.24. The number of alkyl carbamates (subject to hydrolysis) is 2. The van der Waals surface area contributed by atoms with E-state index in [-0.39, 0.29) is 11.6 Å². The minimum Gasteiger partial charge on any atom is -0.444 e. The molecule has 2 aliphatic heterocycles. The molecule has 0 unspecified atom stereocenters. The van der Waals surface area contributed by atoms with Crippen LogP contribution in [0, 0.1) is 0 Å². The number of epoxide rings is 2. The SMILES string of the molecule is CC(C)(C)OC(=O)N[C@@H](Cc1ccccc1)C(=O)[C@@]1(C)CO1.CC(C)(C)OC(=O)N[C@@H](Cc1ccccc1)C(=O)[C@]1(C)CO1. The molecule has 2 aromatic carbocycles. The fourth-order valence-electron chi connectivity index (χ4n) is 4.26. The second-order valence-corrected chi connectivity index (χ2v) is 13.5. The van der Waals surface area contributed by atoms with E-state index in [9.17, 15) is 19.2 Å². The number of rotatable bonds is 10. The number of ether oxygens (including phenoxy) is 4. The molecule has 0 radical (unpaired) electrons. The first-order valence-electron chi connectivity index (χ1n) is 14.8. The summed E-state index contributed by atoms with van der Waals surface area (Å²) in [5.41, 5.74) is -0.833. The van der Waals surface area contributed by atoms with Crippen molar-refractivity contribution >= 4 is 23.8 Å². The van der Waals surface area contributed by atoms with Gasteiger partial charge in [-0.05, 0) is 79.4 Å². The van der Waals surface area contributed by atoms with Crippen LogP contribution in [0.2, 0.25) is 0 Å². The number of amides is 2. The van der Waals surface area contributed by atoms with Gasteiger partial charge in [-0.1, -0.05) is 60.7 Å². The zero-order chi connectivity index (χ0) is 32.8. The Morgan fingerprint density at radius 2 is 0.955 bits per heavy atom. The average Bonchev–Trinajstić information content (AvgIpc) is 3.85. The second-order valence-electron chi connectivity index (χ2n) is 13.5. The van der Waals surface area contributed by atoms with Gasteiger partial charge in [-0.3, -0.25) is 9.59 Å². The molecule has 44 heavy (non-hydrogen) atoms. The molecule has 0 aliphatic carbocycles. The first-order valence-corrected chi connectivity index (χ1v) is 14.8. The molecule has 240 valence electrons. The molecule has 0 aromatic heterocycles. The first kappa shape index (κ1) is 34.7. The van der Waals surface area contributed by atoms with Crippen molar-refractivity contribution in [3.63, 3.8) is 0 Å². The number of hydrogen-bond acceptors (Lipinski definition) is 8. The molecule has 0 bridgehead atoms. The van der Waals surface area contributed by atoms with Crippen LogP contribution in [-0.2, 0) is 41.4 Å². The van der Waals surface area contributed by atoms with E-state index in [0.29, 0.717) is 26.1 Å². The Hall–Kier alpha value is -3.76. The van der Waals surface area contributed by atoms with Gasteiger partial charge >= 0.3 is 12.2 Å². The van der Waals surface area contributed by atoms with Crippen LogP contribution in [0.4, 0.5) is 9.59 Å². The summed E-state index contributed by atoms with van der Waals surface area (Å²) in [6.45, 7) is 15.0. The van der Waals surface area contributed by atoms with Gasteiger partial charge in [0.1, 0.15) is 22.4 Å². The van der Waals surface area contributed by atoms with Gasteiger partial charge in [-0.25, -0.2) is 9.59 Å². The molecule has 10 nitrogen and oxygen atoms in total. The average molecular weight is 611 g/mol. The standard InChI is InChI=1S/2C17H23NO4/c2*1-16(2,3)22-15(20)18-13(14(19)17(4)11-21-17)10-12-8-6-5-7-9-12/h2*5-9,13H,10-11H2,1-4H3,(H,18,20)/t13-,17+;13-,17-/m00/s1. The highest BCUT2D eigenvalue weighted by molar-refractivity contribution is 5.96. The van der Waals surface area contributed by atoms with Gasteiger partial charge in [0.2, 0.25) is 0 Å². The number of benzene rings is 2. The molecule has 2 saturated heterocycles. The maximum Gasteiger partial charge on any atom is 0.408 e. The van der Waals surface area contributed by atoms with Gasteiger partial charge in [0.15, 0.2) is 11.6 Å². The molecule has 2 amide bonds. The Kier molecular flexibility index (Phi) is 11.0. The molecule has 0 spiro atoms. The lowest BCUT2D eigenvalue weighted by Crippen LogP contribution is -2.48. The highest BCUT2D eigenvalue weighted by atomic mass is 16.6. The summed E-state index contributed by atoms with van der Waals surface area (Å²) in [5, 5.41) is 5.36. The van der Waals surface area contributed by atoms with Crippen molar-refractivity contribution in [1.29, 1.82) is 0 Å². The van der Waals surface area contributed by atoms with Crippen molar-refractivity contribution < 1.29 is 38.1 Å². The van der Waals surface area contributed by atoms with Crippen molar-refractivity contribution in [2.24, 2.45) is 0 Å². The normalized spacial score (nSPS) is 21.8. The highest BCUT2D eigenvalue weighted by Crippen LogP contribution is 2.30. The predicted molar refractivity (Wildman–Crippen MR) is 165 cm³/mol. The summed E-state index contributed by atoms with van der Waals surface area (Å²) >= 11 is 0. The highest BCUT2D eigenvalue weighted by Gasteiger charge is 2.51. The molecule has 4 rings (SSSR count). The molecule has 0 saturated carbocycles. The van der Waals surface area contributed by atoms with Crippen LogP contribution in [0.5, 0.6) is 0 Å². The summed E-state index contributed by atoms with van der Waals surface area (Å²) in [6, 6.07) is 17.8. The molecule has 2 heterocycles. The molecule has 2 fully saturated rings. The number of ketones is 2. The molecule has 2 aromatic rings. The zero-order valence-corrected chi connectivity index (χ0v) is 27.0. The molecular formula is C34H46N2O8. The van der Waals surface area contributed by atoms with E-state index in [2.05, 4.69) is 10.6 Å². The lowest BCUT2D eigenvalue weighted by molar-refractivity contribution is -0.126. The lowest BCUT2D eigenvalue weighted by atomic mass is 9.95. The fourth-order valence-corrected chi connectivity index (χ4v) is 4.26. The van der Waals surface area contributed by atoms with Crippen LogP contribution < -0.4 is 10.6 Å². The Morgan fingerprint density at radius 3 is 1.20 bits per heavy atom. The monoisotopic (exact) mass is 610 g/mol. The van der Waals surface area contributed by atoms with E-state index in [1.54, 1.807) is 55.4 Å². The number of nitrogens with one attached hydrogen (secondary N) is 2. The third-order valence-corrected chi connectivity index (χ3v) is 6.78. The summed E-state index contributed by atoms with van der Waals surface area (Å²) in [6.07, 6.45) is -0.354. The van der Waals surface area contributed by atoms with Crippen LogP contribution in [0.15, 0.2) is 60.7 Å². The minimum atomic E-state index is -0.783. The quantitative estimate of drug-likeness (QED) is 0.361. The van der Waals surface area contributed by atoms with Gasteiger partial charge < -0.3 is 29.6 Å². The second kappa shape index (κ2) is 13.9. The van der Waals surface area contributed by atoms with Crippen molar-refractivity contribution in [2.45, 2.75) is 103 Å². The molecular weight excluding hydrogens is 564 g/mol. The largest absolute Gasteiger partial charge is 0.444 e. The summed E-state index contributed by atoms with van der Waals surface area (Å²) in [5.74, 6) is -0.246. The van der Waals surface area contributed by atoms with E-state index in [0.717, 1.165) is 11.1 Å². The first-order chi connectivity index (χ1) is 20.4. The van der Waals surface area contributed by atoms with Crippen molar-refractivity contribution in [3.05, 3.63) is 71.8 Å². The number of Topliss-reactive ketones (excluding diaryl/α,β-unsaturated/α-hetero) is 2. The summed E-state index contributed by atoms with van der Waals surface area (Å²) in [4.78, 5) is 49.0. The topological polar surface area (TPSA) is 136 Å². The van der Waals surface area contributed by atoms with Gasteiger partial charge in [0.25, 0.3) is 0 Å². The van der Waals surface area contributed by atoms with Crippen molar-refractivity contribution in [1.82, 2.24) is 10.6 Å². The summed E-state index contributed by atoms with van der Waals surface area (Å²) in [7, 11) is 0. The summed E-state index contributed by atoms with van der Waals surface area (Å²) < 4.78 is 20.9. The predicted octanol–water partition coefficient (Wildman–Crippen LogP) is 4.96. The maximum absolute atomic E-state index is 12.5. The van der Waals surface area contributed by atoms with Crippen LogP contribution in [0.1, 0.15) is 66.5 Å². The van der Waals surface area contributed by atoms with Crippen molar-refractivity contribution in [3.8, 4) is 0 Å². The van der Waals surface area contributed by atoms with Crippen LogP contribution >= 0.6 is 0 Å². The van der Waals surface area contributed by atoms with Crippen LogP contribution in [0.3, 0.4) is 0 Å². The van der Waals surface area contributed by atoms with E-state index in [4.69, 9.17) is 18.9 Å². The number of carbonyl (C=O) groups is 4. The smallest absolute Gasteiger partial charge is 0.408 e. The van der Waals surface area contributed by atoms with Gasteiger partial charge in [0.05, 0.1) is 25.3 Å². The Labute approximate surface area is 260 Å². The van der Waals surface area contributed by atoms with E-state index < -0.39 is 46.7 Å². The number of carbonyl (C=O) groups excluding carboxylic acids is 4. The molecule has 2 aliphatic rings. The Balaban J connectivity index is 0.000000240. The van der Waals surface area contributed by atoms with Crippen molar-refractivity contribution in [2.75, 3.05) is 13.2 Å². The van der Waals surface area contributed by atoms with Gasteiger partial charge in [-0.15, -0.1) is 0 Å². The van der Waals surface area contributed by atoms with Crippen LogP contribution in [0.25, 0.3) is 0 Å². The minimum absolute atomic E-state index is 0.123. The fraction of sp³-hybridized carbons (Fsp3) is 0.529. The van der Waals surface area contributed by atoms with Gasteiger partial charge in [0, 0.05) is 0 Å². The third-order valence-electron chi connectivity index (χ3n) is 6.78. The molecule has 4 atom stereocenters. The Morgan fingerprint density at radius 1 is 0.659 bits per heavy atom. The van der Waals surface area contributed by atoms with E-state index in [1.807, 2.05) is 60.7 Å². The van der Waals surface area contributed by atoms with Crippen LogP contribution in [-0.4, -0.2) is 71.5 Å².